The van der Waals surface area contributed by atoms with Gasteiger partial charge in [0, 0.05) is 43.9 Å². The highest BCUT2D eigenvalue weighted by atomic mass is 16.5. The number of nitrogen functional groups attached to an aromatic ring is 1. The van der Waals surface area contributed by atoms with Crippen molar-refractivity contribution in [2.24, 2.45) is 5.73 Å². The van der Waals surface area contributed by atoms with Crippen molar-refractivity contribution in [3.63, 3.8) is 0 Å². The number of benzene rings is 1. The second-order valence-electron chi connectivity index (χ2n) is 6.91. The lowest BCUT2D eigenvalue weighted by molar-refractivity contribution is -0.145. The minimum Gasteiger partial charge on any atom is -0.465 e. The Hall–Kier alpha value is -2.94. The number of amidine groups is 1. The van der Waals surface area contributed by atoms with E-state index in [1.165, 1.54) is 4.90 Å². The van der Waals surface area contributed by atoms with Crippen molar-refractivity contribution in [1.29, 1.82) is 5.41 Å². The zero-order chi connectivity index (χ0) is 20.3. The number of rotatable bonds is 6. The number of nitrogens with one attached hydrogen (secondary N) is 1. The third-order valence-corrected chi connectivity index (χ3v) is 5.00. The van der Waals surface area contributed by atoms with Gasteiger partial charge in [-0.3, -0.25) is 24.7 Å². The van der Waals surface area contributed by atoms with Crippen molar-refractivity contribution in [2.45, 2.75) is 13.5 Å². The average Bonchev–Trinajstić information content (AvgIpc) is 2.97. The molecule has 3 rings (SSSR count). The number of esters is 1. The van der Waals surface area contributed by atoms with Crippen molar-refractivity contribution >= 4 is 23.6 Å². The lowest BCUT2D eigenvalue weighted by atomic mass is 10.1. The maximum atomic E-state index is 12.6. The molecule has 9 heteroatoms. The summed E-state index contributed by atoms with van der Waals surface area (Å²) in [5.41, 5.74) is 7.41. The highest BCUT2D eigenvalue weighted by molar-refractivity contribution is 6.02. The normalized spacial score (nSPS) is 16.8. The van der Waals surface area contributed by atoms with Crippen molar-refractivity contribution in [2.75, 3.05) is 45.9 Å². The SMILES string of the molecule is CCOC(=O)CN1CCN(C(=O)CN2Cc3cc(C(=N)N)ccc3C2=O)CC1. The molecule has 0 aromatic heterocycles. The van der Waals surface area contributed by atoms with E-state index in [2.05, 4.69) is 0 Å². The largest absolute Gasteiger partial charge is 0.465 e. The number of hydrogen-bond donors (Lipinski definition) is 2. The van der Waals surface area contributed by atoms with Gasteiger partial charge in [-0.25, -0.2) is 0 Å². The van der Waals surface area contributed by atoms with Crippen LogP contribution >= 0.6 is 0 Å². The first-order valence-corrected chi connectivity index (χ1v) is 9.31. The maximum Gasteiger partial charge on any atom is 0.320 e. The molecule has 28 heavy (non-hydrogen) atoms. The molecule has 0 radical (unpaired) electrons. The number of carbonyl (C=O) groups is 3. The molecule has 1 saturated heterocycles. The molecule has 0 aliphatic carbocycles. The first kappa shape index (κ1) is 19.8. The van der Waals surface area contributed by atoms with Crippen LogP contribution in [0.4, 0.5) is 0 Å². The number of piperazine rings is 1. The van der Waals surface area contributed by atoms with Crippen molar-refractivity contribution in [3.05, 3.63) is 34.9 Å². The van der Waals surface area contributed by atoms with Crippen LogP contribution in [0.15, 0.2) is 18.2 Å². The highest BCUT2D eigenvalue weighted by Gasteiger charge is 2.31. The fraction of sp³-hybridized carbons (Fsp3) is 0.474. The number of hydrogen-bond acceptors (Lipinski definition) is 6. The standard InChI is InChI=1S/C19H25N5O4/c1-2-28-17(26)12-22-5-7-23(8-6-22)16(25)11-24-10-14-9-13(18(20)21)3-4-15(14)19(24)27/h3-4,9H,2,5-8,10-12H2,1H3,(H3,20,21). The third kappa shape index (κ3) is 4.30. The van der Waals surface area contributed by atoms with E-state index >= 15 is 0 Å². The molecule has 3 N–H and O–H groups in total. The van der Waals surface area contributed by atoms with E-state index in [1.54, 1.807) is 30.0 Å². The fourth-order valence-electron chi connectivity index (χ4n) is 3.48. The maximum absolute atomic E-state index is 12.6. The molecule has 0 unspecified atom stereocenters. The summed E-state index contributed by atoms with van der Waals surface area (Å²) in [6, 6.07) is 5.04. The molecular formula is C19H25N5O4. The van der Waals surface area contributed by atoms with Crippen LogP contribution in [-0.4, -0.2) is 84.2 Å². The molecule has 1 aromatic carbocycles. The minimum absolute atomic E-state index is 0.0147. The van der Waals surface area contributed by atoms with E-state index in [-0.39, 0.29) is 36.7 Å². The van der Waals surface area contributed by atoms with Gasteiger partial charge in [0.25, 0.3) is 5.91 Å². The summed E-state index contributed by atoms with van der Waals surface area (Å²) >= 11 is 0. The lowest BCUT2D eigenvalue weighted by Gasteiger charge is -2.34. The minimum atomic E-state index is -0.257. The topological polar surface area (TPSA) is 120 Å². The first-order chi connectivity index (χ1) is 13.4. The molecule has 2 amide bonds. The van der Waals surface area contributed by atoms with Gasteiger partial charge in [0.05, 0.1) is 13.2 Å². The van der Waals surface area contributed by atoms with E-state index in [4.69, 9.17) is 15.9 Å². The number of ether oxygens (including phenoxy) is 1. The van der Waals surface area contributed by atoms with Crippen molar-refractivity contribution in [1.82, 2.24) is 14.7 Å². The van der Waals surface area contributed by atoms with E-state index < -0.39 is 0 Å². The third-order valence-electron chi connectivity index (χ3n) is 5.00. The molecule has 1 aromatic rings. The van der Waals surface area contributed by atoms with E-state index in [9.17, 15) is 14.4 Å². The number of amides is 2. The number of carbonyl (C=O) groups excluding carboxylic acids is 3. The molecule has 2 heterocycles. The van der Waals surface area contributed by atoms with Gasteiger partial charge in [-0.2, -0.15) is 0 Å². The number of nitrogens with zero attached hydrogens (tertiary/aromatic N) is 3. The lowest BCUT2D eigenvalue weighted by Crippen LogP contribution is -2.52. The first-order valence-electron chi connectivity index (χ1n) is 9.31. The molecule has 0 bridgehead atoms. The second-order valence-corrected chi connectivity index (χ2v) is 6.91. The molecule has 2 aliphatic heterocycles. The van der Waals surface area contributed by atoms with E-state index in [1.807, 2.05) is 4.90 Å². The molecule has 2 aliphatic rings. The zero-order valence-corrected chi connectivity index (χ0v) is 15.9. The summed E-state index contributed by atoms with van der Waals surface area (Å²) in [4.78, 5) is 41.9. The smallest absolute Gasteiger partial charge is 0.320 e. The average molecular weight is 387 g/mol. The fourth-order valence-corrected chi connectivity index (χ4v) is 3.48. The van der Waals surface area contributed by atoms with Crippen LogP contribution in [0.25, 0.3) is 0 Å². The van der Waals surface area contributed by atoms with Crippen LogP contribution < -0.4 is 5.73 Å². The number of fused-ring (bicyclic) bond motifs is 1. The summed E-state index contributed by atoms with van der Waals surface area (Å²) in [7, 11) is 0. The Bertz CT molecular complexity index is 802. The van der Waals surface area contributed by atoms with Crippen molar-refractivity contribution < 1.29 is 19.1 Å². The summed E-state index contributed by atoms with van der Waals surface area (Å²) < 4.78 is 4.95. The Labute approximate surface area is 163 Å². The van der Waals surface area contributed by atoms with Crippen LogP contribution in [-0.2, 0) is 20.9 Å². The summed E-state index contributed by atoms with van der Waals surface area (Å²) in [5, 5.41) is 7.51. The molecule has 0 saturated carbocycles. The number of nitrogens with two attached hydrogens (primary N) is 1. The van der Waals surface area contributed by atoms with E-state index in [0.717, 1.165) is 5.56 Å². The Morgan fingerprint density at radius 1 is 1.18 bits per heavy atom. The highest BCUT2D eigenvalue weighted by Crippen LogP contribution is 2.24. The van der Waals surface area contributed by atoms with Crippen LogP contribution in [0.2, 0.25) is 0 Å². The zero-order valence-electron chi connectivity index (χ0n) is 15.9. The predicted molar refractivity (Wildman–Crippen MR) is 102 cm³/mol. The van der Waals surface area contributed by atoms with E-state index in [0.29, 0.717) is 50.5 Å². The summed E-state index contributed by atoms with van der Waals surface area (Å²) in [5.74, 6) is -0.596. The van der Waals surface area contributed by atoms with Crippen LogP contribution in [0.3, 0.4) is 0 Å². The van der Waals surface area contributed by atoms with Gasteiger partial charge in [-0.05, 0) is 24.6 Å². The molecule has 1 fully saturated rings. The summed E-state index contributed by atoms with van der Waals surface area (Å²) in [6.07, 6.45) is 0. The Morgan fingerprint density at radius 2 is 1.89 bits per heavy atom. The van der Waals surface area contributed by atoms with Gasteiger partial charge in [0.2, 0.25) is 5.91 Å². The van der Waals surface area contributed by atoms with Gasteiger partial charge in [-0.15, -0.1) is 0 Å². The monoisotopic (exact) mass is 387 g/mol. The quantitative estimate of drug-likeness (QED) is 0.391. The molecular weight excluding hydrogens is 362 g/mol. The Morgan fingerprint density at radius 3 is 2.54 bits per heavy atom. The van der Waals surface area contributed by atoms with Gasteiger partial charge >= 0.3 is 5.97 Å². The van der Waals surface area contributed by atoms with Crippen molar-refractivity contribution in [3.8, 4) is 0 Å². The van der Waals surface area contributed by atoms with Crippen LogP contribution in [0, 0.1) is 5.41 Å². The second kappa shape index (κ2) is 8.39. The molecule has 150 valence electrons. The predicted octanol–water partition coefficient (Wildman–Crippen LogP) is -0.366. The summed E-state index contributed by atoms with van der Waals surface area (Å²) in [6.45, 7) is 4.94. The van der Waals surface area contributed by atoms with Gasteiger partial charge < -0.3 is 20.3 Å². The van der Waals surface area contributed by atoms with Gasteiger partial charge in [0.15, 0.2) is 0 Å². The molecule has 0 atom stereocenters. The molecule has 0 spiro atoms. The molecule has 9 nitrogen and oxygen atoms in total. The van der Waals surface area contributed by atoms with Crippen LogP contribution in [0.5, 0.6) is 0 Å². The van der Waals surface area contributed by atoms with Gasteiger partial charge in [0.1, 0.15) is 12.4 Å². The Balaban J connectivity index is 1.52. The Kier molecular flexibility index (Phi) is 5.93. The van der Waals surface area contributed by atoms with Crippen LogP contribution in [0.1, 0.15) is 28.4 Å². The van der Waals surface area contributed by atoms with Gasteiger partial charge in [-0.1, -0.05) is 6.07 Å².